The van der Waals surface area contributed by atoms with Gasteiger partial charge in [0.2, 0.25) is 5.91 Å². The molecule has 0 aliphatic rings. The molecule has 18 heavy (non-hydrogen) atoms. The number of ether oxygens (including phenoxy) is 1. The third-order valence-corrected chi connectivity index (χ3v) is 2.55. The number of carbonyl (C=O) groups is 1. The van der Waals surface area contributed by atoms with Crippen LogP contribution in [0.1, 0.15) is 39.5 Å². The van der Waals surface area contributed by atoms with Gasteiger partial charge < -0.3 is 15.2 Å². The van der Waals surface area contributed by atoms with Crippen LogP contribution in [0.4, 0.5) is 5.69 Å². The molecular weight excluding hydrogens is 230 g/mol. The first-order chi connectivity index (χ1) is 8.63. The normalized spacial score (nSPS) is 10.1. The van der Waals surface area contributed by atoms with E-state index in [0.717, 1.165) is 12.8 Å². The maximum absolute atomic E-state index is 10.9. The summed E-state index contributed by atoms with van der Waals surface area (Å²) < 4.78 is 5.52. The molecule has 0 bridgehead atoms. The van der Waals surface area contributed by atoms with Crippen LogP contribution in [-0.4, -0.2) is 17.6 Å². The van der Waals surface area contributed by atoms with Crippen LogP contribution in [0, 0.1) is 0 Å². The average Bonchev–Trinajstić information content (AvgIpc) is 2.32. The summed E-state index contributed by atoms with van der Waals surface area (Å²) in [5.41, 5.74) is 0.404. The Morgan fingerprint density at radius 2 is 2.11 bits per heavy atom. The predicted molar refractivity (Wildman–Crippen MR) is 72.0 cm³/mol. The number of phenols is 1. The molecule has 1 aromatic rings. The lowest BCUT2D eigenvalue weighted by atomic mass is 10.2. The fourth-order valence-corrected chi connectivity index (χ4v) is 1.62. The minimum atomic E-state index is -0.210. The lowest BCUT2D eigenvalue weighted by molar-refractivity contribution is -0.114. The Hall–Kier alpha value is -1.71. The second-order valence-electron chi connectivity index (χ2n) is 4.27. The van der Waals surface area contributed by atoms with Crippen molar-refractivity contribution in [2.45, 2.75) is 39.5 Å². The molecule has 0 saturated carbocycles. The largest absolute Gasteiger partial charge is 0.506 e. The van der Waals surface area contributed by atoms with Crippen LogP contribution in [0.5, 0.6) is 11.5 Å². The Kier molecular flexibility index (Phi) is 6.05. The molecule has 0 spiro atoms. The zero-order valence-electron chi connectivity index (χ0n) is 11.0. The highest BCUT2D eigenvalue weighted by Crippen LogP contribution is 2.28. The predicted octanol–water partition coefficient (Wildman–Crippen LogP) is 3.31. The lowest BCUT2D eigenvalue weighted by Gasteiger charge is -2.09. The van der Waals surface area contributed by atoms with E-state index in [0.29, 0.717) is 18.0 Å². The number of amides is 1. The summed E-state index contributed by atoms with van der Waals surface area (Å²) in [6.45, 7) is 4.22. The number of hydrogen-bond donors (Lipinski definition) is 2. The molecule has 0 aliphatic carbocycles. The van der Waals surface area contributed by atoms with Crippen LogP contribution >= 0.6 is 0 Å². The first-order valence-corrected chi connectivity index (χ1v) is 6.37. The topological polar surface area (TPSA) is 58.6 Å². The van der Waals surface area contributed by atoms with E-state index in [-0.39, 0.29) is 11.7 Å². The molecule has 4 nitrogen and oxygen atoms in total. The summed E-state index contributed by atoms with van der Waals surface area (Å²) in [5, 5.41) is 12.2. The van der Waals surface area contributed by atoms with Crippen molar-refractivity contribution in [2.24, 2.45) is 0 Å². The van der Waals surface area contributed by atoms with Crippen LogP contribution in [-0.2, 0) is 4.79 Å². The van der Waals surface area contributed by atoms with E-state index in [2.05, 4.69) is 12.2 Å². The van der Waals surface area contributed by atoms with Crippen LogP contribution in [0.3, 0.4) is 0 Å². The number of phenolic OH excluding ortho intramolecular Hbond substituents is 1. The molecule has 4 heteroatoms. The zero-order valence-corrected chi connectivity index (χ0v) is 11.0. The van der Waals surface area contributed by atoms with E-state index in [1.165, 1.54) is 25.8 Å². The van der Waals surface area contributed by atoms with Crippen molar-refractivity contribution in [1.82, 2.24) is 0 Å². The van der Waals surface area contributed by atoms with Crippen molar-refractivity contribution in [1.29, 1.82) is 0 Å². The SMILES string of the molecule is CCCCCCOc1ccc(NC(C)=O)c(O)c1. The van der Waals surface area contributed by atoms with E-state index in [9.17, 15) is 9.90 Å². The monoisotopic (exact) mass is 251 g/mol. The maximum atomic E-state index is 10.9. The highest BCUT2D eigenvalue weighted by Gasteiger charge is 2.04. The average molecular weight is 251 g/mol. The Bertz CT molecular complexity index is 391. The molecule has 1 aromatic carbocycles. The van der Waals surface area contributed by atoms with Crippen molar-refractivity contribution in [3.8, 4) is 11.5 Å². The number of nitrogens with one attached hydrogen (secondary N) is 1. The maximum Gasteiger partial charge on any atom is 0.221 e. The van der Waals surface area contributed by atoms with E-state index in [1.54, 1.807) is 12.1 Å². The van der Waals surface area contributed by atoms with Crippen LogP contribution < -0.4 is 10.1 Å². The van der Waals surface area contributed by atoms with E-state index < -0.39 is 0 Å². The molecule has 0 aromatic heterocycles. The molecule has 100 valence electrons. The second kappa shape index (κ2) is 7.58. The van der Waals surface area contributed by atoms with Gasteiger partial charge in [-0.1, -0.05) is 26.2 Å². The number of rotatable bonds is 7. The Morgan fingerprint density at radius 1 is 1.33 bits per heavy atom. The molecule has 0 radical (unpaired) electrons. The minimum absolute atomic E-state index is 0.0243. The Morgan fingerprint density at radius 3 is 2.72 bits per heavy atom. The van der Waals surface area contributed by atoms with Crippen molar-refractivity contribution in [2.75, 3.05) is 11.9 Å². The molecule has 0 atom stereocenters. The van der Waals surface area contributed by atoms with Crippen LogP contribution in [0.2, 0.25) is 0 Å². The summed E-state index contributed by atoms with van der Waals surface area (Å²) in [6, 6.07) is 4.90. The van der Waals surface area contributed by atoms with Gasteiger partial charge in [-0.2, -0.15) is 0 Å². The number of aromatic hydroxyl groups is 1. The Labute approximate surface area is 108 Å². The Balaban J connectivity index is 2.43. The van der Waals surface area contributed by atoms with Gasteiger partial charge in [0.1, 0.15) is 11.5 Å². The molecule has 0 saturated heterocycles. The lowest BCUT2D eigenvalue weighted by Crippen LogP contribution is -2.06. The number of unbranched alkanes of at least 4 members (excludes halogenated alkanes) is 3. The summed E-state index contributed by atoms with van der Waals surface area (Å²) in [6.07, 6.45) is 4.59. The summed E-state index contributed by atoms with van der Waals surface area (Å²) in [4.78, 5) is 10.9. The van der Waals surface area contributed by atoms with Gasteiger partial charge in [0.15, 0.2) is 0 Å². The third-order valence-electron chi connectivity index (χ3n) is 2.55. The smallest absolute Gasteiger partial charge is 0.221 e. The van der Waals surface area contributed by atoms with Crippen molar-refractivity contribution in [3.63, 3.8) is 0 Å². The second-order valence-corrected chi connectivity index (χ2v) is 4.27. The fourth-order valence-electron chi connectivity index (χ4n) is 1.62. The quantitative estimate of drug-likeness (QED) is 0.577. The molecule has 2 N–H and O–H groups in total. The van der Waals surface area contributed by atoms with Crippen molar-refractivity contribution < 1.29 is 14.6 Å². The number of anilines is 1. The number of carbonyl (C=O) groups excluding carboxylic acids is 1. The third kappa shape index (κ3) is 5.08. The van der Waals surface area contributed by atoms with Gasteiger partial charge in [-0.25, -0.2) is 0 Å². The van der Waals surface area contributed by atoms with Gasteiger partial charge in [0.05, 0.1) is 12.3 Å². The van der Waals surface area contributed by atoms with Gasteiger partial charge in [-0.15, -0.1) is 0 Å². The number of benzene rings is 1. The van der Waals surface area contributed by atoms with Gasteiger partial charge >= 0.3 is 0 Å². The van der Waals surface area contributed by atoms with Crippen molar-refractivity contribution >= 4 is 11.6 Å². The fraction of sp³-hybridized carbons (Fsp3) is 0.500. The molecular formula is C14H21NO3. The molecule has 0 heterocycles. The molecule has 1 rings (SSSR count). The summed E-state index contributed by atoms with van der Waals surface area (Å²) in [7, 11) is 0. The minimum Gasteiger partial charge on any atom is -0.506 e. The van der Waals surface area contributed by atoms with E-state index >= 15 is 0 Å². The molecule has 0 aliphatic heterocycles. The van der Waals surface area contributed by atoms with E-state index in [4.69, 9.17) is 4.74 Å². The van der Waals surface area contributed by atoms with Gasteiger partial charge in [-0.3, -0.25) is 4.79 Å². The number of hydrogen-bond acceptors (Lipinski definition) is 3. The zero-order chi connectivity index (χ0) is 13.4. The highest BCUT2D eigenvalue weighted by atomic mass is 16.5. The summed E-state index contributed by atoms with van der Waals surface area (Å²) in [5.74, 6) is 0.438. The van der Waals surface area contributed by atoms with Crippen LogP contribution in [0.15, 0.2) is 18.2 Å². The molecule has 0 fully saturated rings. The highest BCUT2D eigenvalue weighted by molar-refractivity contribution is 5.90. The van der Waals surface area contributed by atoms with Crippen molar-refractivity contribution in [3.05, 3.63) is 18.2 Å². The standard InChI is InChI=1S/C14H21NO3/c1-3-4-5-6-9-18-12-7-8-13(14(17)10-12)15-11(2)16/h7-8,10,17H,3-6,9H2,1-2H3,(H,15,16). The molecule has 0 unspecified atom stereocenters. The summed E-state index contributed by atoms with van der Waals surface area (Å²) >= 11 is 0. The molecule has 1 amide bonds. The van der Waals surface area contributed by atoms with Gasteiger partial charge in [-0.05, 0) is 18.6 Å². The van der Waals surface area contributed by atoms with Gasteiger partial charge in [0.25, 0.3) is 0 Å². The van der Waals surface area contributed by atoms with Crippen LogP contribution in [0.25, 0.3) is 0 Å². The van der Waals surface area contributed by atoms with E-state index in [1.807, 2.05) is 0 Å². The van der Waals surface area contributed by atoms with Gasteiger partial charge in [0, 0.05) is 13.0 Å². The first kappa shape index (κ1) is 14.4. The first-order valence-electron chi connectivity index (χ1n) is 6.37.